The first-order valence-corrected chi connectivity index (χ1v) is 6.18. The van der Waals surface area contributed by atoms with Gasteiger partial charge in [-0.05, 0) is 31.2 Å². The summed E-state index contributed by atoms with van der Waals surface area (Å²) in [6, 6.07) is 5.53. The summed E-state index contributed by atoms with van der Waals surface area (Å²) in [6.07, 6.45) is 1.45. The highest BCUT2D eigenvalue weighted by atomic mass is 35.5. The molecule has 104 valence electrons. The lowest BCUT2D eigenvalue weighted by atomic mass is 10.2. The molecule has 0 aliphatic rings. The number of carbonyl (C=O) groups is 1. The van der Waals surface area contributed by atoms with Gasteiger partial charge in [0, 0.05) is 10.6 Å². The second-order valence-corrected chi connectivity index (χ2v) is 4.65. The number of aromatic nitrogens is 1. The van der Waals surface area contributed by atoms with Gasteiger partial charge in [0.15, 0.2) is 0 Å². The van der Waals surface area contributed by atoms with Crippen molar-refractivity contribution in [2.75, 3.05) is 5.73 Å². The van der Waals surface area contributed by atoms with Crippen LogP contribution >= 0.6 is 11.6 Å². The number of esters is 1. The number of nitrogens with two attached hydrogens (primary N) is 1. The van der Waals surface area contributed by atoms with E-state index >= 15 is 0 Å². The minimum Gasteiger partial charge on any atom is -0.457 e. The standard InChI is InChI=1S/C14H12ClFN2O2/c1-8-12(5-11(17)6-18-8)14(19)20-7-9-4-10(15)2-3-13(9)16/h2-6H,7,17H2,1H3. The van der Waals surface area contributed by atoms with Crippen molar-refractivity contribution < 1.29 is 13.9 Å². The fourth-order valence-corrected chi connectivity index (χ4v) is 1.83. The van der Waals surface area contributed by atoms with Crippen LogP contribution in [0.2, 0.25) is 5.02 Å². The zero-order valence-corrected chi connectivity index (χ0v) is 11.4. The van der Waals surface area contributed by atoms with Crippen LogP contribution < -0.4 is 5.73 Å². The Hall–Kier alpha value is -2.14. The number of anilines is 1. The van der Waals surface area contributed by atoms with Crippen LogP contribution in [0.1, 0.15) is 21.6 Å². The number of rotatable bonds is 3. The zero-order chi connectivity index (χ0) is 14.7. The summed E-state index contributed by atoms with van der Waals surface area (Å²) >= 11 is 5.76. The number of halogens is 2. The summed E-state index contributed by atoms with van der Waals surface area (Å²) < 4.78 is 18.5. The number of pyridine rings is 1. The zero-order valence-electron chi connectivity index (χ0n) is 10.7. The Labute approximate surface area is 120 Å². The van der Waals surface area contributed by atoms with Gasteiger partial charge in [0.25, 0.3) is 0 Å². The van der Waals surface area contributed by atoms with Crippen molar-refractivity contribution in [1.29, 1.82) is 0 Å². The van der Waals surface area contributed by atoms with E-state index in [9.17, 15) is 9.18 Å². The monoisotopic (exact) mass is 294 g/mol. The quantitative estimate of drug-likeness (QED) is 0.883. The van der Waals surface area contributed by atoms with E-state index in [1.807, 2.05) is 0 Å². The van der Waals surface area contributed by atoms with Crippen molar-refractivity contribution in [3.05, 3.63) is 58.1 Å². The average molecular weight is 295 g/mol. The lowest BCUT2D eigenvalue weighted by Crippen LogP contribution is -2.09. The summed E-state index contributed by atoms with van der Waals surface area (Å²) in [6.45, 7) is 1.45. The lowest BCUT2D eigenvalue weighted by Gasteiger charge is -2.08. The van der Waals surface area contributed by atoms with E-state index in [1.54, 1.807) is 6.92 Å². The third-order valence-corrected chi connectivity index (χ3v) is 2.93. The Morgan fingerprint density at radius 2 is 2.20 bits per heavy atom. The van der Waals surface area contributed by atoms with E-state index in [1.165, 1.54) is 30.5 Å². The Morgan fingerprint density at radius 3 is 2.95 bits per heavy atom. The molecule has 2 aromatic rings. The molecule has 0 saturated carbocycles. The number of aryl methyl sites for hydroxylation is 1. The molecule has 0 amide bonds. The molecule has 1 heterocycles. The van der Waals surface area contributed by atoms with E-state index in [0.29, 0.717) is 16.4 Å². The number of carbonyl (C=O) groups excluding carboxylic acids is 1. The van der Waals surface area contributed by atoms with Crippen molar-refractivity contribution in [2.24, 2.45) is 0 Å². The smallest absolute Gasteiger partial charge is 0.340 e. The van der Waals surface area contributed by atoms with Crippen molar-refractivity contribution in [1.82, 2.24) is 4.98 Å². The summed E-state index contributed by atoms with van der Waals surface area (Å²) in [4.78, 5) is 15.9. The van der Waals surface area contributed by atoms with Gasteiger partial charge in [0.2, 0.25) is 0 Å². The Kier molecular flexibility index (Phi) is 4.20. The molecule has 6 heteroatoms. The second kappa shape index (κ2) is 5.88. The molecule has 2 rings (SSSR count). The molecule has 0 unspecified atom stereocenters. The Morgan fingerprint density at radius 1 is 1.45 bits per heavy atom. The average Bonchev–Trinajstić information content (AvgIpc) is 2.42. The molecule has 0 atom stereocenters. The fraction of sp³-hybridized carbons (Fsp3) is 0.143. The fourth-order valence-electron chi connectivity index (χ4n) is 1.63. The van der Waals surface area contributed by atoms with Gasteiger partial charge in [-0.25, -0.2) is 9.18 Å². The summed E-state index contributed by atoms with van der Waals surface area (Å²) in [5.41, 5.74) is 6.89. The van der Waals surface area contributed by atoms with Crippen LogP contribution in [0.4, 0.5) is 10.1 Å². The van der Waals surface area contributed by atoms with Crippen LogP contribution in [-0.4, -0.2) is 11.0 Å². The molecule has 0 radical (unpaired) electrons. The van der Waals surface area contributed by atoms with Gasteiger partial charge in [-0.2, -0.15) is 0 Å². The van der Waals surface area contributed by atoms with Crippen LogP contribution in [0.5, 0.6) is 0 Å². The van der Waals surface area contributed by atoms with Crippen LogP contribution in [0, 0.1) is 12.7 Å². The van der Waals surface area contributed by atoms with Crippen molar-refractivity contribution in [3.63, 3.8) is 0 Å². The summed E-state index contributed by atoms with van der Waals surface area (Å²) in [5, 5.41) is 0.374. The molecule has 0 saturated heterocycles. The minimum absolute atomic E-state index is 0.209. The van der Waals surface area contributed by atoms with Crippen molar-refractivity contribution >= 4 is 23.3 Å². The lowest BCUT2D eigenvalue weighted by molar-refractivity contribution is 0.0467. The van der Waals surface area contributed by atoms with E-state index in [2.05, 4.69) is 4.98 Å². The molecule has 1 aromatic heterocycles. The Balaban J connectivity index is 2.12. The maximum atomic E-state index is 13.5. The first-order chi connectivity index (χ1) is 9.47. The number of ether oxygens (including phenoxy) is 1. The molecule has 20 heavy (non-hydrogen) atoms. The number of hydrogen-bond acceptors (Lipinski definition) is 4. The van der Waals surface area contributed by atoms with E-state index in [0.717, 1.165) is 0 Å². The van der Waals surface area contributed by atoms with Gasteiger partial charge in [-0.15, -0.1) is 0 Å². The molecule has 0 bridgehead atoms. The van der Waals surface area contributed by atoms with Crippen LogP contribution in [0.15, 0.2) is 30.5 Å². The van der Waals surface area contributed by atoms with E-state index in [-0.39, 0.29) is 17.7 Å². The van der Waals surface area contributed by atoms with Crippen molar-refractivity contribution in [3.8, 4) is 0 Å². The summed E-state index contributed by atoms with van der Waals surface area (Å²) in [7, 11) is 0. The molecule has 0 aliphatic heterocycles. The highest BCUT2D eigenvalue weighted by Crippen LogP contribution is 2.17. The van der Waals surface area contributed by atoms with Gasteiger partial charge in [-0.1, -0.05) is 11.6 Å². The number of hydrogen-bond donors (Lipinski definition) is 1. The predicted molar refractivity (Wildman–Crippen MR) is 73.9 cm³/mol. The normalized spacial score (nSPS) is 10.3. The second-order valence-electron chi connectivity index (χ2n) is 4.21. The first kappa shape index (κ1) is 14.3. The molecule has 0 spiro atoms. The highest BCUT2D eigenvalue weighted by Gasteiger charge is 2.13. The molecule has 0 fully saturated rings. The molecule has 4 nitrogen and oxygen atoms in total. The topological polar surface area (TPSA) is 65.2 Å². The third kappa shape index (κ3) is 3.24. The third-order valence-electron chi connectivity index (χ3n) is 2.69. The van der Waals surface area contributed by atoms with Gasteiger partial charge in [-0.3, -0.25) is 4.98 Å². The number of nitrogens with zero attached hydrogens (tertiary/aromatic N) is 1. The van der Waals surface area contributed by atoms with Crippen molar-refractivity contribution in [2.45, 2.75) is 13.5 Å². The van der Waals surface area contributed by atoms with Crippen LogP contribution in [-0.2, 0) is 11.3 Å². The van der Waals surface area contributed by atoms with Gasteiger partial charge in [0.05, 0.1) is 23.1 Å². The molecular weight excluding hydrogens is 283 g/mol. The highest BCUT2D eigenvalue weighted by molar-refractivity contribution is 6.30. The minimum atomic E-state index is -0.610. The van der Waals surface area contributed by atoms with Crippen LogP contribution in [0.3, 0.4) is 0 Å². The number of benzene rings is 1. The maximum absolute atomic E-state index is 13.5. The van der Waals surface area contributed by atoms with Gasteiger partial charge < -0.3 is 10.5 Å². The van der Waals surface area contributed by atoms with Gasteiger partial charge >= 0.3 is 5.97 Å². The predicted octanol–water partition coefficient (Wildman–Crippen LogP) is 3.12. The molecule has 0 aliphatic carbocycles. The largest absolute Gasteiger partial charge is 0.457 e. The Bertz CT molecular complexity index is 662. The molecular formula is C14H12ClFN2O2. The van der Waals surface area contributed by atoms with Crippen LogP contribution in [0.25, 0.3) is 0 Å². The summed E-state index contributed by atoms with van der Waals surface area (Å²) in [5.74, 6) is -1.09. The first-order valence-electron chi connectivity index (χ1n) is 5.80. The SMILES string of the molecule is Cc1ncc(N)cc1C(=O)OCc1cc(Cl)ccc1F. The van der Waals surface area contributed by atoms with E-state index in [4.69, 9.17) is 22.1 Å². The van der Waals surface area contributed by atoms with E-state index < -0.39 is 11.8 Å². The maximum Gasteiger partial charge on any atom is 0.340 e. The van der Waals surface area contributed by atoms with Gasteiger partial charge in [0.1, 0.15) is 12.4 Å². The molecule has 1 aromatic carbocycles. The number of nitrogen functional groups attached to an aromatic ring is 1. The molecule has 2 N–H and O–H groups in total.